The summed E-state index contributed by atoms with van der Waals surface area (Å²) in [5.41, 5.74) is 9.37. The van der Waals surface area contributed by atoms with Crippen molar-refractivity contribution in [2.75, 3.05) is 17.7 Å². The first kappa shape index (κ1) is 11.4. The molecule has 0 fully saturated rings. The van der Waals surface area contributed by atoms with Gasteiger partial charge in [-0.25, -0.2) is 9.97 Å². The van der Waals surface area contributed by atoms with Gasteiger partial charge in [-0.15, -0.1) is 0 Å². The molecule has 0 radical (unpaired) electrons. The van der Waals surface area contributed by atoms with Crippen LogP contribution in [0, 0.1) is 13.8 Å². The van der Waals surface area contributed by atoms with Crippen LogP contribution in [0.4, 0.5) is 17.3 Å². The Bertz CT molecular complexity index is 499. The number of anilines is 3. The predicted molar refractivity (Wildman–Crippen MR) is 70.4 cm³/mol. The molecule has 0 spiro atoms. The molecule has 88 valence electrons. The number of hydrogen-bond donors (Lipinski definition) is 1. The van der Waals surface area contributed by atoms with Crippen molar-refractivity contribution >= 4 is 17.3 Å². The van der Waals surface area contributed by atoms with Crippen LogP contribution in [0.5, 0.6) is 0 Å². The molecule has 2 rings (SSSR count). The summed E-state index contributed by atoms with van der Waals surface area (Å²) in [6.07, 6.45) is 0. The average Bonchev–Trinajstić information content (AvgIpc) is 2.28. The van der Waals surface area contributed by atoms with Crippen LogP contribution in [0.1, 0.15) is 11.4 Å². The standard InChI is InChI=1S/C13H16N4/c1-9-8-10(2)16-13(15-9)17(3)12-6-4-11(14)5-7-12/h4-8H,14H2,1-3H3. The summed E-state index contributed by atoms with van der Waals surface area (Å²) in [5, 5.41) is 0. The van der Waals surface area contributed by atoms with Gasteiger partial charge >= 0.3 is 0 Å². The molecule has 0 unspecified atom stereocenters. The molecule has 2 aromatic rings. The van der Waals surface area contributed by atoms with E-state index in [1.54, 1.807) is 0 Å². The first-order valence-electron chi connectivity index (χ1n) is 5.48. The smallest absolute Gasteiger partial charge is 0.230 e. The van der Waals surface area contributed by atoms with E-state index in [2.05, 4.69) is 9.97 Å². The Labute approximate surface area is 101 Å². The van der Waals surface area contributed by atoms with Crippen molar-refractivity contribution in [1.82, 2.24) is 9.97 Å². The Morgan fingerprint density at radius 2 is 1.53 bits per heavy atom. The van der Waals surface area contributed by atoms with Gasteiger partial charge in [-0.1, -0.05) is 0 Å². The predicted octanol–water partition coefficient (Wildman–Crippen LogP) is 2.44. The van der Waals surface area contributed by atoms with E-state index in [0.29, 0.717) is 5.95 Å². The van der Waals surface area contributed by atoms with Crippen LogP contribution < -0.4 is 10.6 Å². The molecule has 0 aliphatic heterocycles. The maximum atomic E-state index is 5.66. The number of nitrogen functional groups attached to an aromatic ring is 1. The minimum absolute atomic E-state index is 0.701. The van der Waals surface area contributed by atoms with Crippen molar-refractivity contribution in [1.29, 1.82) is 0 Å². The molecule has 0 saturated carbocycles. The van der Waals surface area contributed by atoms with Crippen molar-refractivity contribution < 1.29 is 0 Å². The van der Waals surface area contributed by atoms with E-state index in [0.717, 1.165) is 22.8 Å². The van der Waals surface area contributed by atoms with E-state index in [4.69, 9.17) is 5.73 Å². The third-order valence-electron chi connectivity index (χ3n) is 2.55. The zero-order chi connectivity index (χ0) is 12.4. The summed E-state index contributed by atoms with van der Waals surface area (Å²) in [6, 6.07) is 9.61. The molecule has 17 heavy (non-hydrogen) atoms. The Morgan fingerprint density at radius 3 is 2.06 bits per heavy atom. The zero-order valence-electron chi connectivity index (χ0n) is 10.3. The highest BCUT2D eigenvalue weighted by Gasteiger charge is 2.07. The minimum atomic E-state index is 0.701. The van der Waals surface area contributed by atoms with E-state index >= 15 is 0 Å². The lowest BCUT2D eigenvalue weighted by molar-refractivity contribution is 0.987. The largest absolute Gasteiger partial charge is 0.399 e. The molecule has 0 bridgehead atoms. The molecule has 2 N–H and O–H groups in total. The lowest BCUT2D eigenvalue weighted by atomic mass is 10.2. The lowest BCUT2D eigenvalue weighted by Crippen LogP contribution is -2.14. The fourth-order valence-electron chi connectivity index (χ4n) is 1.67. The Hall–Kier alpha value is -2.10. The molecule has 0 amide bonds. The lowest BCUT2D eigenvalue weighted by Gasteiger charge is -2.18. The second-order valence-corrected chi connectivity index (χ2v) is 4.10. The number of nitrogens with zero attached hydrogens (tertiary/aromatic N) is 3. The van der Waals surface area contributed by atoms with Gasteiger partial charge in [-0.2, -0.15) is 0 Å². The van der Waals surface area contributed by atoms with E-state index in [-0.39, 0.29) is 0 Å². The van der Waals surface area contributed by atoms with Crippen LogP contribution in [0.15, 0.2) is 30.3 Å². The molecule has 1 aromatic heterocycles. The van der Waals surface area contributed by atoms with E-state index in [1.807, 2.05) is 56.1 Å². The van der Waals surface area contributed by atoms with Crippen LogP contribution in [0.2, 0.25) is 0 Å². The SMILES string of the molecule is Cc1cc(C)nc(N(C)c2ccc(N)cc2)n1. The Kier molecular flexibility index (Phi) is 2.95. The third kappa shape index (κ3) is 2.53. The van der Waals surface area contributed by atoms with Gasteiger partial charge in [0, 0.05) is 29.8 Å². The van der Waals surface area contributed by atoms with Crippen molar-refractivity contribution in [3.8, 4) is 0 Å². The zero-order valence-corrected chi connectivity index (χ0v) is 10.3. The number of hydrogen-bond acceptors (Lipinski definition) is 4. The van der Waals surface area contributed by atoms with Gasteiger partial charge in [0.05, 0.1) is 0 Å². The molecule has 0 atom stereocenters. The van der Waals surface area contributed by atoms with Crippen LogP contribution in [-0.2, 0) is 0 Å². The van der Waals surface area contributed by atoms with E-state index in [1.165, 1.54) is 0 Å². The van der Waals surface area contributed by atoms with Gasteiger partial charge in [-0.05, 0) is 44.2 Å². The van der Waals surface area contributed by atoms with Gasteiger partial charge in [0.2, 0.25) is 5.95 Å². The third-order valence-corrected chi connectivity index (χ3v) is 2.55. The quantitative estimate of drug-likeness (QED) is 0.802. The molecule has 1 aromatic carbocycles. The highest BCUT2D eigenvalue weighted by molar-refractivity contribution is 5.59. The van der Waals surface area contributed by atoms with Crippen LogP contribution in [0.3, 0.4) is 0 Å². The highest BCUT2D eigenvalue weighted by atomic mass is 15.2. The van der Waals surface area contributed by atoms with Crippen molar-refractivity contribution in [2.45, 2.75) is 13.8 Å². The van der Waals surface area contributed by atoms with E-state index in [9.17, 15) is 0 Å². The Balaban J connectivity index is 2.36. The van der Waals surface area contributed by atoms with E-state index < -0.39 is 0 Å². The van der Waals surface area contributed by atoms with Crippen molar-refractivity contribution in [3.05, 3.63) is 41.7 Å². The van der Waals surface area contributed by atoms with Gasteiger partial charge in [-0.3, -0.25) is 0 Å². The maximum Gasteiger partial charge on any atom is 0.230 e. The first-order valence-corrected chi connectivity index (χ1v) is 5.48. The summed E-state index contributed by atoms with van der Waals surface area (Å²) >= 11 is 0. The second-order valence-electron chi connectivity index (χ2n) is 4.10. The summed E-state index contributed by atoms with van der Waals surface area (Å²) in [5.74, 6) is 0.701. The van der Waals surface area contributed by atoms with Crippen LogP contribution >= 0.6 is 0 Å². The Morgan fingerprint density at radius 1 is 1.00 bits per heavy atom. The maximum absolute atomic E-state index is 5.66. The number of nitrogens with two attached hydrogens (primary N) is 1. The number of rotatable bonds is 2. The minimum Gasteiger partial charge on any atom is -0.399 e. The monoisotopic (exact) mass is 228 g/mol. The highest BCUT2D eigenvalue weighted by Crippen LogP contribution is 2.21. The molecule has 1 heterocycles. The van der Waals surface area contributed by atoms with Crippen LogP contribution in [0.25, 0.3) is 0 Å². The van der Waals surface area contributed by atoms with Crippen molar-refractivity contribution in [3.63, 3.8) is 0 Å². The van der Waals surface area contributed by atoms with Crippen LogP contribution in [-0.4, -0.2) is 17.0 Å². The molecule has 4 nitrogen and oxygen atoms in total. The number of aromatic nitrogens is 2. The molecule has 0 saturated heterocycles. The average molecular weight is 228 g/mol. The van der Waals surface area contributed by atoms with Gasteiger partial charge in [0.1, 0.15) is 0 Å². The molecular weight excluding hydrogens is 212 g/mol. The molecule has 0 aliphatic carbocycles. The molecule has 0 aliphatic rings. The second kappa shape index (κ2) is 4.41. The molecular formula is C13H16N4. The summed E-state index contributed by atoms with van der Waals surface area (Å²) in [7, 11) is 1.94. The summed E-state index contributed by atoms with van der Waals surface area (Å²) in [6.45, 7) is 3.93. The first-order chi connectivity index (χ1) is 8.06. The normalized spacial score (nSPS) is 10.3. The topological polar surface area (TPSA) is 55.0 Å². The van der Waals surface area contributed by atoms with Gasteiger partial charge < -0.3 is 10.6 Å². The fourth-order valence-corrected chi connectivity index (χ4v) is 1.67. The van der Waals surface area contributed by atoms with Gasteiger partial charge in [0.25, 0.3) is 0 Å². The summed E-state index contributed by atoms with van der Waals surface area (Å²) in [4.78, 5) is 10.8. The van der Waals surface area contributed by atoms with Gasteiger partial charge in [0.15, 0.2) is 0 Å². The number of aryl methyl sites for hydroxylation is 2. The van der Waals surface area contributed by atoms with Crippen molar-refractivity contribution in [2.24, 2.45) is 0 Å². The molecule has 4 heteroatoms. The summed E-state index contributed by atoms with van der Waals surface area (Å²) < 4.78 is 0. The number of benzene rings is 1. The fraction of sp³-hybridized carbons (Fsp3) is 0.231.